The molecule has 6 heteroatoms. The molecule has 24 heavy (non-hydrogen) atoms. The minimum Gasteiger partial charge on any atom is -0.477 e. The maximum absolute atomic E-state index is 5.87. The van der Waals surface area contributed by atoms with Gasteiger partial charge in [0.05, 0.1) is 17.9 Å². The van der Waals surface area contributed by atoms with Crippen LogP contribution in [-0.4, -0.2) is 21.7 Å². The monoisotopic (exact) mass is 322 g/mol. The SMILES string of the molecule is Nc1ncccc1-c1cc(Cc2ccnc(OCC3CC3)c2)no1. The van der Waals surface area contributed by atoms with E-state index in [2.05, 4.69) is 15.1 Å². The summed E-state index contributed by atoms with van der Waals surface area (Å²) in [6.45, 7) is 0.755. The Bertz CT molecular complexity index is 842. The molecule has 0 aliphatic heterocycles. The summed E-state index contributed by atoms with van der Waals surface area (Å²) in [4.78, 5) is 8.32. The minimum absolute atomic E-state index is 0.430. The number of pyridine rings is 2. The van der Waals surface area contributed by atoms with E-state index in [1.807, 2.05) is 30.3 Å². The van der Waals surface area contributed by atoms with E-state index < -0.39 is 0 Å². The summed E-state index contributed by atoms with van der Waals surface area (Å²) in [6, 6.07) is 9.48. The number of nitrogen functional groups attached to an aromatic ring is 1. The van der Waals surface area contributed by atoms with E-state index in [0.717, 1.165) is 23.4 Å². The van der Waals surface area contributed by atoms with Gasteiger partial charge in [0.15, 0.2) is 5.76 Å². The number of nitrogens with zero attached hydrogens (tertiary/aromatic N) is 3. The van der Waals surface area contributed by atoms with Crippen molar-refractivity contribution in [2.45, 2.75) is 19.3 Å². The lowest BCUT2D eigenvalue weighted by molar-refractivity contribution is 0.288. The zero-order chi connectivity index (χ0) is 16.4. The summed E-state index contributed by atoms with van der Waals surface area (Å²) in [5.41, 5.74) is 8.53. The van der Waals surface area contributed by atoms with Crippen LogP contribution in [0.5, 0.6) is 5.88 Å². The van der Waals surface area contributed by atoms with Crippen molar-refractivity contribution in [1.29, 1.82) is 0 Å². The van der Waals surface area contributed by atoms with Gasteiger partial charge in [-0.15, -0.1) is 0 Å². The fourth-order valence-corrected chi connectivity index (χ4v) is 2.48. The number of ether oxygens (including phenoxy) is 1. The highest BCUT2D eigenvalue weighted by Crippen LogP contribution is 2.29. The Kier molecular flexibility index (Phi) is 3.86. The first kappa shape index (κ1) is 14.7. The molecular weight excluding hydrogens is 304 g/mol. The lowest BCUT2D eigenvalue weighted by atomic mass is 10.1. The minimum atomic E-state index is 0.430. The Balaban J connectivity index is 1.47. The molecule has 0 atom stereocenters. The Morgan fingerprint density at radius 3 is 2.92 bits per heavy atom. The standard InChI is InChI=1S/C18H18N4O2/c19-18-15(2-1-6-21-18)16-10-14(22-24-16)8-13-5-7-20-17(9-13)23-11-12-3-4-12/h1-2,5-7,9-10,12H,3-4,8,11H2,(H2,19,21). The molecule has 0 radical (unpaired) electrons. The highest BCUT2D eigenvalue weighted by atomic mass is 16.5. The van der Waals surface area contributed by atoms with Crippen LogP contribution < -0.4 is 10.5 Å². The van der Waals surface area contributed by atoms with Crippen LogP contribution in [-0.2, 0) is 6.42 Å². The van der Waals surface area contributed by atoms with Crippen molar-refractivity contribution < 1.29 is 9.26 Å². The van der Waals surface area contributed by atoms with E-state index in [9.17, 15) is 0 Å². The summed E-state index contributed by atoms with van der Waals surface area (Å²) in [5, 5.41) is 4.12. The van der Waals surface area contributed by atoms with E-state index in [4.69, 9.17) is 15.0 Å². The van der Waals surface area contributed by atoms with E-state index in [1.165, 1.54) is 12.8 Å². The van der Waals surface area contributed by atoms with Gasteiger partial charge >= 0.3 is 0 Å². The molecule has 3 aromatic rings. The van der Waals surface area contributed by atoms with Crippen molar-refractivity contribution in [3.63, 3.8) is 0 Å². The fourth-order valence-electron chi connectivity index (χ4n) is 2.48. The fraction of sp³-hybridized carbons (Fsp3) is 0.278. The maximum Gasteiger partial charge on any atom is 0.213 e. The van der Waals surface area contributed by atoms with Gasteiger partial charge in [0, 0.05) is 30.9 Å². The summed E-state index contributed by atoms with van der Waals surface area (Å²) < 4.78 is 11.1. The Labute approximate surface area is 139 Å². The Morgan fingerprint density at radius 2 is 2.08 bits per heavy atom. The van der Waals surface area contributed by atoms with Crippen molar-refractivity contribution in [3.05, 3.63) is 54.0 Å². The van der Waals surface area contributed by atoms with Gasteiger partial charge in [-0.1, -0.05) is 5.16 Å². The normalized spacial score (nSPS) is 13.8. The second kappa shape index (κ2) is 6.31. The first-order valence-corrected chi connectivity index (χ1v) is 8.02. The largest absolute Gasteiger partial charge is 0.477 e. The third-order valence-corrected chi connectivity index (χ3v) is 4.01. The van der Waals surface area contributed by atoms with Crippen molar-refractivity contribution in [2.75, 3.05) is 12.3 Å². The molecule has 0 spiro atoms. The molecule has 0 saturated heterocycles. The van der Waals surface area contributed by atoms with Crippen LogP contribution in [0.2, 0.25) is 0 Å². The number of nitrogens with two attached hydrogens (primary N) is 1. The molecule has 0 amide bonds. The van der Waals surface area contributed by atoms with Crippen LogP contribution in [0.1, 0.15) is 24.1 Å². The van der Waals surface area contributed by atoms with Gasteiger partial charge < -0.3 is 15.0 Å². The van der Waals surface area contributed by atoms with Gasteiger partial charge in [0.2, 0.25) is 5.88 Å². The van der Waals surface area contributed by atoms with E-state index in [-0.39, 0.29) is 0 Å². The smallest absolute Gasteiger partial charge is 0.213 e. The highest BCUT2D eigenvalue weighted by molar-refractivity contribution is 5.69. The molecule has 2 N–H and O–H groups in total. The molecule has 3 aromatic heterocycles. The first-order chi connectivity index (χ1) is 11.8. The number of anilines is 1. The summed E-state index contributed by atoms with van der Waals surface area (Å²) in [7, 11) is 0. The van der Waals surface area contributed by atoms with Crippen molar-refractivity contribution in [2.24, 2.45) is 5.92 Å². The van der Waals surface area contributed by atoms with Crippen molar-refractivity contribution in [3.8, 4) is 17.2 Å². The maximum atomic E-state index is 5.87. The summed E-state index contributed by atoms with van der Waals surface area (Å²) in [5.74, 6) is 2.42. The molecule has 1 aliphatic carbocycles. The molecular formula is C18H18N4O2. The number of aromatic nitrogens is 3. The molecule has 0 bridgehead atoms. The predicted octanol–water partition coefficient (Wildman–Crippen LogP) is 3.09. The van der Waals surface area contributed by atoms with Crippen LogP contribution in [0.25, 0.3) is 11.3 Å². The zero-order valence-corrected chi connectivity index (χ0v) is 13.2. The molecule has 3 heterocycles. The molecule has 122 valence electrons. The molecule has 1 fully saturated rings. The number of hydrogen-bond donors (Lipinski definition) is 1. The third kappa shape index (κ3) is 3.37. The Hall–Kier alpha value is -2.89. The van der Waals surface area contributed by atoms with Gasteiger partial charge in [-0.05, 0) is 42.5 Å². The summed E-state index contributed by atoms with van der Waals surface area (Å²) in [6.07, 6.45) is 6.58. The van der Waals surface area contributed by atoms with E-state index in [1.54, 1.807) is 12.4 Å². The molecule has 0 unspecified atom stereocenters. The quantitative estimate of drug-likeness (QED) is 0.750. The van der Waals surface area contributed by atoms with Gasteiger partial charge in [0.25, 0.3) is 0 Å². The third-order valence-electron chi connectivity index (χ3n) is 4.01. The molecule has 0 aromatic carbocycles. The average Bonchev–Trinajstić information content (AvgIpc) is 3.32. The first-order valence-electron chi connectivity index (χ1n) is 8.02. The van der Waals surface area contributed by atoms with Crippen LogP contribution in [0.3, 0.4) is 0 Å². The van der Waals surface area contributed by atoms with Crippen molar-refractivity contribution in [1.82, 2.24) is 15.1 Å². The predicted molar refractivity (Wildman–Crippen MR) is 89.4 cm³/mol. The van der Waals surface area contributed by atoms with E-state index in [0.29, 0.717) is 29.8 Å². The zero-order valence-electron chi connectivity index (χ0n) is 13.2. The van der Waals surface area contributed by atoms with Crippen LogP contribution >= 0.6 is 0 Å². The average molecular weight is 322 g/mol. The number of rotatable bonds is 6. The lowest BCUT2D eigenvalue weighted by Crippen LogP contribution is -2.01. The lowest BCUT2D eigenvalue weighted by Gasteiger charge is -2.05. The highest BCUT2D eigenvalue weighted by Gasteiger charge is 2.22. The second-order valence-electron chi connectivity index (χ2n) is 6.05. The molecule has 6 nitrogen and oxygen atoms in total. The van der Waals surface area contributed by atoms with Crippen LogP contribution in [0.4, 0.5) is 5.82 Å². The summed E-state index contributed by atoms with van der Waals surface area (Å²) >= 11 is 0. The Morgan fingerprint density at radius 1 is 1.17 bits per heavy atom. The van der Waals surface area contributed by atoms with Crippen LogP contribution in [0.15, 0.2) is 47.2 Å². The molecule has 4 rings (SSSR count). The van der Waals surface area contributed by atoms with Crippen LogP contribution in [0, 0.1) is 5.92 Å². The van der Waals surface area contributed by atoms with Gasteiger partial charge in [-0.2, -0.15) is 0 Å². The van der Waals surface area contributed by atoms with E-state index >= 15 is 0 Å². The van der Waals surface area contributed by atoms with Gasteiger partial charge in [-0.25, -0.2) is 9.97 Å². The van der Waals surface area contributed by atoms with Crippen molar-refractivity contribution >= 4 is 5.82 Å². The van der Waals surface area contributed by atoms with Gasteiger partial charge in [0.1, 0.15) is 5.82 Å². The molecule has 1 saturated carbocycles. The second-order valence-corrected chi connectivity index (χ2v) is 6.05. The molecule has 1 aliphatic rings. The topological polar surface area (TPSA) is 87.1 Å². The number of hydrogen-bond acceptors (Lipinski definition) is 6. The van der Waals surface area contributed by atoms with Gasteiger partial charge in [-0.3, -0.25) is 0 Å².